The summed E-state index contributed by atoms with van der Waals surface area (Å²) in [5, 5.41) is 2.73. The number of Topliss-reactive ketones (excluding diaryl/α,β-unsaturated/α-hetero) is 1. The summed E-state index contributed by atoms with van der Waals surface area (Å²) in [6.45, 7) is 3.67. The van der Waals surface area contributed by atoms with Gasteiger partial charge in [0.2, 0.25) is 5.91 Å². The first-order valence-electron chi connectivity index (χ1n) is 10.4. The Hall–Kier alpha value is -3.45. The van der Waals surface area contributed by atoms with E-state index in [0.29, 0.717) is 17.0 Å². The number of anilines is 1. The topological polar surface area (TPSA) is 81.7 Å². The first kappa shape index (κ1) is 24.2. The van der Waals surface area contributed by atoms with Crippen LogP contribution in [0.1, 0.15) is 34.3 Å². The van der Waals surface area contributed by atoms with Gasteiger partial charge in [-0.05, 0) is 67.4 Å². The number of rotatable bonds is 9. The third-order valence-electron chi connectivity index (χ3n) is 5.01. The average molecular weight is 510 g/mol. The Morgan fingerprint density at radius 2 is 1.58 bits per heavy atom. The number of ketones is 1. The molecule has 3 aromatic carbocycles. The Morgan fingerprint density at radius 1 is 0.879 bits per heavy atom. The molecule has 0 fully saturated rings. The molecule has 0 aliphatic rings. The van der Waals surface area contributed by atoms with Crippen LogP contribution in [0.3, 0.4) is 0 Å². The number of hydrogen-bond acceptors (Lipinski definition) is 5. The van der Waals surface area contributed by atoms with Crippen LogP contribution in [0.2, 0.25) is 0 Å². The fourth-order valence-electron chi connectivity index (χ4n) is 2.94. The maximum atomic E-state index is 12.1. The predicted octanol–water partition coefficient (Wildman–Crippen LogP) is 6.00. The summed E-state index contributed by atoms with van der Waals surface area (Å²) < 4.78 is 11.7. The summed E-state index contributed by atoms with van der Waals surface area (Å²) in [6.07, 6.45) is -0.167. The minimum atomic E-state index is -0.604. The molecule has 3 rings (SSSR count). The summed E-state index contributed by atoms with van der Waals surface area (Å²) in [6, 6.07) is 19.6. The molecule has 0 unspecified atom stereocenters. The molecule has 3 aromatic rings. The van der Waals surface area contributed by atoms with Crippen LogP contribution in [-0.4, -0.2) is 24.3 Å². The lowest BCUT2D eigenvalue weighted by atomic mass is 10.1. The van der Waals surface area contributed by atoms with Gasteiger partial charge in [0, 0.05) is 22.1 Å². The van der Waals surface area contributed by atoms with Gasteiger partial charge < -0.3 is 14.8 Å². The molecule has 0 aromatic heterocycles. The number of carbonyl (C=O) groups excluding carboxylic acids is 3. The van der Waals surface area contributed by atoms with E-state index in [1.807, 2.05) is 32.0 Å². The molecule has 0 spiro atoms. The van der Waals surface area contributed by atoms with Crippen molar-refractivity contribution in [1.29, 1.82) is 0 Å². The number of hydrogen-bond donors (Lipinski definition) is 1. The molecular formula is C26H24BrNO5. The van der Waals surface area contributed by atoms with Crippen LogP contribution in [-0.2, 0) is 14.3 Å². The van der Waals surface area contributed by atoms with Gasteiger partial charge in [0.05, 0.1) is 6.42 Å². The minimum Gasteiger partial charge on any atom is -0.457 e. The Balaban J connectivity index is 1.42. The molecule has 0 aliphatic heterocycles. The van der Waals surface area contributed by atoms with Crippen molar-refractivity contribution in [3.8, 4) is 11.5 Å². The highest BCUT2D eigenvalue weighted by Crippen LogP contribution is 2.27. The molecule has 0 bridgehead atoms. The van der Waals surface area contributed by atoms with Gasteiger partial charge in [0.25, 0.3) is 0 Å². The van der Waals surface area contributed by atoms with Gasteiger partial charge in [-0.3, -0.25) is 14.4 Å². The third kappa shape index (κ3) is 7.29. The fraction of sp³-hybridized carbons (Fsp3) is 0.192. The van der Waals surface area contributed by atoms with Crippen molar-refractivity contribution in [2.24, 2.45) is 0 Å². The van der Waals surface area contributed by atoms with Crippen molar-refractivity contribution < 1.29 is 23.9 Å². The molecule has 6 nitrogen and oxygen atoms in total. The average Bonchev–Trinajstić information content (AvgIpc) is 2.81. The minimum absolute atomic E-state index is 0.0496. The van der Waals surface area contributed by atoms with Crippen molar-refractivity contribution in [1.82, 2.24) is 0 Å². The van der Waals surface area contributed by atoms with E-state index in [1.54, 1.807) is 48.5 Å². The zero-order valence-electron chi connectivity index (χ0n) is 18.4. The number of carbonyl (C=O) groups is 3. The molecule has 170 valence electrons. The summed E-state index contributed by atoms with van der Waals surface area (Å²) in [5.41, 5.74) is 3.26. The molecule has 1 amide bonds. The number of esters is 1. The van der Waals surface area contributed by atoms with Crippen LogP contribution >= 0.6 is 15.9 Å². The van der Waals surface area contributed by atoms with E-state index in [0.717, 1.165) is 21.3 Å². The lowest BCUT2D eigenvalue weighted by molar-refractivity contribution is -0.143. The lowest BCUT2D eigenvalue weighted by Crippen LogP contribution is -2.17. The van der Waals surface area contributed by atoms with Gasteiger partial charge in [-0.1, -0.05) is 40.2 Å². The van der Waals surface area contributed by atoms with Gasteiger partial charge >= 0.3 is 5.97 Å². The standard InChI is InChI=1S/C26H24BrNO5/c1-17-4-3-5-24(18(17)2)33-22-12-10-21(11-13-22)28-25(30)14-15-26(31)32-16-23(29)19-6-8-20(27)9-7-19/h3-13H,14-16H2,1-2H3,(H,28,30). The lowest BCUT2D eigenvalue weighted by Gasteiger charge is -2.11. The van der Waals surface area contributed by atoms with E-state index in [1.165, 1.54) is 0 Å². The second kappa shape index (κ2) is 11.4. The van der Waals surface area contributed by atoms with E-state index in [-0.39, 0.29) is 31.1 Å². The largest absolute Gasteiger partial charge is 0.457 e. The quantitative estimate of drug-likeness (QED) is 0.282. The number of benzene rings is 3. The number of halogens is 1. The van der Waals surface area contributed by atoms with Crippen molar-refractivity contribution in [2.75, 3.05) is 11.9 Å². The second-order valence-electron chi connectivity index (χ2n) is 7.46. The number of ether oxygens (including phenoxy) is 2. The molecule has 0 aliphatic carbocycles. The van der Waals surface area contributed by atoms with Crippen LogP contribution < -0.4 is 10.1 Å². The molecule has 0 saturated heterocycles. The normalized spacial score (nSPS) is 10.4. The Bertz CT molecular complexity index is 1140. The summed E-state index contributed by atoms with van der Waals surface area (Å²) in [7, 11) is 0. The monoisotopic (exact) mass is 509 g/mol. The number of nitrogens with one attached hydrogen (secondary N) is 1. The van der Waals surface area contributed by atoms with Crippen molar-refractivity contribution in [3.63, 3.8) is 0 Å². The smallest absolute Gasteiger partial charge is 0.306 e. The molecule has 0 radical (unpaired) electrons. The predicted molar refractivity (Wildman–Crippen MR) is 130 cm³/mol. The molecule has 0 heterocycles. The van der Waals surface area contributed by atoms with Crippen molar-refractivity contribution in [3.05, 3.63) is 87.9 Å². The van der Waals surface area contributed by atoms with Gasteiger partial charge in [-0.15, -0.1) is 0 Å². The first-order valence-corrected chi connectivity index (χ1v) is 11.2. The van der Waals surface area contributed by atoms with Crippen LogP contribution in [0.15, 0.2) is 71.2 Å². The highest BCUT2D eigenvalue weighted by molar-refractivity contribution is 9.10. The van der Waals surface area contributed by atoms with Gasteiger partial charge in [-0.2, -0.15) is 0 Å². The van der Waals surface area contributed by atoms with Crippen molar-refractivity contribution >= 4 is 39.3 Å². The van der Waals surface area contributed by atoms with E-state index in [2.05, 4.69) is 21.2 Å². The second-order valence-corrected chi connectivity index (χ2v) is 8.38. The van der Waals surface area contributed by atoms with Crippen LogP contribution in [0.5, 0.6) is 11.5 Å². The Kier molecular flexibility index (Phi) is 8.38. The number of aryl methyl sites for hydroxylation is 1. The molecular weight excluding hydrogens is 486 g/mol. The van der Waals surface area contributed by atoms with E-state index in [4.69, 9.17) is 9.47 Å². The van der Waals surface area contributed by atoms with Crippen LogP contribution in [0, 0.1) is 13.8 Å². The molecule has 33 heavy (non-hydrogen) atoms. The van der Waals surface area contributed by atoms with Crippen LogP contribution in [0.4, 0.5) is 5.69 Å². The van der Waals surface area contributed by atoms with E-state index >= 15 is 0 Å². The molecule has 1 N–H and O–H groups in total. The SMILES string of the molecule is Cc1cccc(Oc2ccc(NC(=O)CCC(=O)OCC(=O)c3ccc(Br)cc3)cc2)c1C. The van der Waals surface area contributed by atoms with Gasteiger partial charge in [0.15, 0.2) is 12.4 Å². The number of amides is 1. The highest BCUT2D eigenvalue weighted by Gasteiger charge is 2.12. The summed E-state index contributed by atoms with van der Waals surface area (Å²) in [5.74, 6) is 0.204. The van der Waals surface area contributed by atoms with Crippen molar-refractivity contribution in [2.45, 2.75) is 26.7 Å². The first-order chi connectivity index (χ1) is 15.8. The molecule has 0 saturated carbocycles. The van der Waals surface area contributed by atoms with E-state index in [9.17, 15) is 14.4 Å². The van der Waals surface area contributed by atoms with E-state index < -0.39 is 5.97 Å². The van der Waals surface area contributed by atoms with Crippen LogP contribution in [0.25, 0.3) is 0 Å². The molecule has 0 atom stereocenters. The highest BCUT2D eigenvalue weighted by atomic mass is 79.9. The zero-order valence-corrected chi connectivity index (χ0v) is 20.0. The fourth-order valence-corrected chi connectivity index (χ4v) is 3.21. The van der Waals surface area contributed by atoms with Gasteiger partial charge in [0.1, 0.15) is 11.5 Å². The maximum absolute atomic E-state index is 12.1. The Morgan fingerprint density at radius 3 is 2.27 bits per heavy atom. The van der Waals surface area contributed by atoms with Gasteiger partial charge in [-0.25, -0.2) is 0 Å². The third-order valence-corrected chi connectivity index (χ3v) is 5.54. The molecule has 7 heteroatoms. The summed E-state index contributed by atoms with van der Waals surface area (Å²) in [4.78, 5) is 36.1. The Labute approximate surface area is 201 Å². The maximum Gasteiger partial charge on any atom is 0.306 e. The summed E-state index contributed by atoms with van der Waals surface area (Å²) >= 11 is 3.30. The zero-order chi connectivity index (χ0) is 23.8.